The lowest BCUT2D eigenvalue weighted by atomic mass is 10.0. The smallest absolute Gasteiger partial charge is 0.262 e. The van der Waals surface area contributed by atoms with E-state index in [-0.39, 0.29) is 54.9 Å². The molecule has 11 nitrogen and oxygen atoms in total. The van der Waals surface area contributed by atoms with Gasteiger partial charge in [0.15, 0.2) is 0 Å². The molecule has 3 heterocycles. The Kier molecular flexibility index (Phi) is 7.51. The lowest BCUT2D eigenvalue weighted by Gasteiger charge is -2.27. The molecular formula is C31H25N5O6S. The summed E-state index contributed by atoms with van der Waals surface area (Å²) in [6, 6.07) is 16.9. The van der Waals surface area contributed by atoms with Crippen molar-refractivity contribution in [3.05, 3.63) is 99.0 Å². The van der Waals surface area contributed by atoms with Crippen LogP contribution in [-0.2, 0) is 33.9 Å². The van der Waals surface area contributed by atoms with Gasteiger partial charge in [-0.1, -0.05) is 42.5 Å². The van der Waals surface area contributed by atoms with E-state index in [0.717, 1.165) is 21.2 Å². The molecule has 6 amide bonds. The van der Waals surface area contributed by atoms with Crippen molar-refractivity contribution in [2.24, 2.45) is 0 Å². The molecule has 4 aromatic rings. The van der Waals surface area contributed by atoms with Crippen LogP contribution >= 0.6 is 11.3 Å². The van der Waals surface area contributed by atoms with Gasteiger partial charge < -0.3 is 10.6 Å². The summed E-state index contributed by atoms with van der Waals surface area (Å²) >= 11 is 1.34. The van der Waals surface area contributed by atoms with E-state index < -0.39 is 35.6 Å². The first-order chi connectivity index (χ1) is 20.8. The van der Waals surface area contributed by atoms with Crippen LogP contribution in [0, 0.1) is 0 Å². The van der Waals surface area contributed by atoms with Crippen molar-refractivity contribution in [2.75, 3.05) is 0 Å². The van der Waals surface area contributed by atoms with Crippen LogP contribution in [0.3, 0.4) is 0 Å². The van der Waals surface area contributed by atoms with Gasteiger partial charge in [-0.25, -0.2) is 4.98 Å². The predicted molar refractivity (Wildman–Crippen MR) is 156 cm³/mol. The predicted octanol–water partition coefficient (Wildman–Crippen LogP) is 2.49. The van der Waals surface area contributed by atoms with Crippen LogP contribution in [0.5, 0.6) is 0 Å². The third kappa shape index (κ3) is 5.64. The van der Waals surface area contributed by atoms with Crippen LogP contribution in [-0.4, -0.2) is 51.4 Å². The molecule has 1 unspecified atom stereocenters. The summed E-state index contributed by atoms with van der Waals surface area (Å²) in [5.41, 5.74) is 1.90. The van der Waals surface area contributed by atoms with E-state index in [9.17, 15) is 28.8 Å². The van der Waals surface area contributed by atoms with E-state index in [2.05, 4.69) is 20.9 Å². The summed E-state index contributed by atoms with van der Waals surface area (Å²) in [6.07, 6.45) is 0.315. The highest BCUT2D eigenvalue weighted by Gasteiger charge is 2.44. The minimum atomic E-state index is -1.08. The number of carbonyl (C=O) groups is 6. The minimum absolute atomic E-state index is 0.0212. The standard InChI is InChI=1S/C31H25N5O6S/c37-25-11-10-24(29(40)35-25)36-30(41)22-9-8-19(12-23(22)31(36)42)28(39)33-15-27-34-20(16-43-27)14-32-26(38)13-18-6-3-5-17-4-1-2-7-21(17)18/h1-9,12,16,24H,10-11,13-15H2,(H,32,38)(H,33,39)(H,35,37,40). The maximum absolute atomic E-state index is 13.0. The fourth-order valence-electron chi connectivity index (χ4n) is 5.25. The van der Waals surface area contributed by atoms with Gasteiger partial charge >= 0.3 is 0 Å². The first-order valence-corrected chi connectivity index (χ1v) is 14.5. The highest BCUT2D eigenvalue weighted by molar-refractivity contribution is 7.09. The largest absolute Gasteiger partial charge is 0.350 e. The van der Waals surface area contributed by atoms with Crippen LogP contribution in [0.1, 0.15) is 60.2 Å². The second kappa shape index (κ2) is 11.6. The van der Waals surface area contributed by atoms with Gasteiger partial charge in [0, 0.05) is 17.4 Å². The van der Waals surface area contributed by atoms with Crippen molar-refractivity contribution in [1.82, 2.24) is 25.8 Å². The van der Waals surface area contributed by atoms with Crippen molar-refractivity contribution in [1.29, 1.82) is 0 Å². The van der Waals surface area contributed by atoms with Crippen molar-refractivity contribution < 1.29 is 28.8 Å². The number of fused-ring (bicyclic) bond motifs is 2. The van der Waals surface area contributed by atoms with Crippen molar-refractivity contribution in [2.45, 2.75) is 38.4 Å². The van der Waals surface area contributed by atoms with E-state index in [0.29, 0.717) is 10.7 Å². The Morgan fingerprint density at radius 1 is 0.930 bits per heavy atom. The second-order valence-electron chi connectivity index (χ2n) is 10.2. The molecule has 0 saturated carbocycles. The summed E-state index contributed by atoms with van der Waals surface area (Å²) < 4.78 is 0. The number of hydrogen-bond donors (Lipinski definition) is 3. The Balaban J connectivity index is 1.03. The van der Waals surface area contributed by atoms with Gasteiger partial charge in [-0.2, -0.15) is 0 Å². The topological polar surface area (TPSA) is 155 Å². The molecule has 3 N–H and O–H groups in total. The highest BCUT2D eigenvalue weighted by atomic mass is 32.1. The molecule has 12 heteroatoms. The molecule has 6 rings (SSSR count). The number of piperidine rings is 1. The van der Waals surface area contributed by atoms with Gasteiger partial charge in [-0.3, -0.25) is 39.0 Å². The zero-order valence-corrected chi connectivity index (χ0v) is 23.5. The van der Waals surface area contributed by atoms with Crippen LogP contribution < -0.4 is 16.0 Å². The molecule has 0 spiro atoms. The molecule has 43 heavy (non-hydrogen) atoms. The maximum Gasteiger partial charge on any atom is 0.262 e. The number of nitrogens with one attached hydrogen (secondary N) is 3. The monoisotopic (exact) mass is 595 g/mol. The fourth-order valence-corrected chi connectivity index (χ4v) is 5.99. The summed E-state index contributed by atoms with van der Waals surface area (Å²) in [5.74, 6) is -3.07. The number of imide groups is 2. The van der Waals surface area contributed by atoms with Gasteiger partial charge in [-0.15, -0.1) is 11.3 Å². The zero-order valence-electron chi connectivity index (χ0n) is 22.7. The number of aromatic nitrogens is 1. The van der Waals surface area contributed by atoms with Crippen LogP contribution in [0.15, 0.2) is 66.0 Å². The quantitative estimate of drug-likeness (QED) is 0.265. The fraction of sp³-hybridized carbons (Fsp3) is 0.194. The number of thiazole rings is 1. The van der Waals surface area contributed by atoms with Gasteiger partial charge in [0.05, 0.1) is 36.3 Å². The number of benzene rings is 3. The van der Waals surface area contributed by atoms with Crippen molar-refractivity contribution >= 4 is 57.6 Å². The molecule has 1 aromatic heterocycles. The van der Waals surface area contributed by atoms with Crippen LogP contribution in [0.4, 0.5) is 0 Å². The number of carbonyl (C=O) groups excluding carboxylic acids is 6. The maximum atomic E-state index is 13.0. The van der Waals surface area contributed by atoms with E-state index in [1.807, 2.05) is 47.8 Å². The average molecular weight is 596 g/mol. The Hall–Kier alpha value is -5.23. The van der Waals surface area contributed by atoms with Gasteiger partial charge in [-0.05, 0) is 41.0 Å². The Labute approximate surface area is 249 Å². The molecule has 0 radical (unpaired) electrons. The molecule has 2 aliphatic rings. The Morgan fingerprint density at radius 3 is 2.56 bits per heavy atom. The summed E-state index contributed by atoms with van der Waals surface area (Å²) in [4.78, 5) is 80.4. The lowest BCUT2D eigenvalue weighted by Crippen LogP contribution is -2.54. The number of amides is 6. The lowest BCUT2D eigenvalue weighted by molar-refractivity contribution is -0.136. The Bertz CT molecular complexity index is 1830. The van der Waals surface area contributed by atoms with Crippen LogP contribution in [0.2, 0.25) is 0 Å². The molecule has 216 valence electrons. The van der Waals surface area contributed by atoms with Crippen LogP contribution in [0.25, 0.3) is 10.8 Å². The second-order valence-corrected chi connectivity index (χ2v) is 11.2. The SMILES string of the molecule is O=C(Cc1cccc2ccccc12)NCc1csc(CNC(=O)c2ccc3c(c2)C(=O)N(C2CCC(=O)NC2=O)C3=O)n1. The zero-order chi connectivity index (χ0) is 30.1. The van der Waals surface area contributed by atoms with Gasteiger partial charge in [0.2, 0.25) is 17.7 Å². The highest BCUT2D eigenvalue weighted by Crippen LogP contribution is 2.28. The third-order valence-corrected chi connectivity index (χ3v) is 8.30. The van der Waals surface area contributed by atoms with Crippen molar-refractivity contribution in [3.63, 3.8) is 0 Å². The molecule has 0 aliphatic carbocycles. The van der Waals surface area contributed by atoms with E-state index >= 15 is 0 Å². The normalized spacial score (nSPS) is 16.3. The Morgan fingerprint density at radius 2 is 1.72 bits per heavy atom. The average Bonchev–Trinajstić information content (AvgIpc) is 3.56. The molecule has 1 fully saturated rings. The summed E-state index contributed by atoms with van der Waals surface area (Å²) in [6.45, 7) is 0.374. The van der Waals surface area contributed by atoms with Gasteiger partial charge in [0.25, 0.3) is 17.7 Å². The summed E-state index contributed by atoms with van der Waals surface area (Å²) in [7, 11) is 0. The summed E-state index contributed by atoms with van der Waals surface area (Å²) in [5, 5.41) is 12.4. The van der Waals surface area contributed by atoms with E-state index in [1.165, 1.54) is 29.5 Å². The minimum Gasteiger partial charge on any atom is -0.350 e. The molecule has 0 bridgehead atoms. The van der Waals surface area contributed by atoms with Crippen molar-refractivity contribution in [3.8, 4) is 0 Å². The molecule has 2 aliphatic heterocycles. The third-order valence-electron chi connectivity index (χ3n) is 7.40. The molecule has 1 atom stereocenters. The first-order valence-electron chi connectivity index (χ1n) is 13.6. The number of hydrogen-bond acceptors (Lipinski definition) is 8. The number of nitrogens with zero attached hydrogens (tertiary/aromatic N) is 2. The molecular weight excluding hydrogens is 570 g/mol. The van der Waals surface area contributed by atoms with E-state index in [1.54, 1.807) is 0 Å². The molecule has 1 saturated heterocycles. The van der Waals surface area contributed by atoms with Gasteiger partial charge in [0.1, 0.15) is 11.0 Å². The first kappa shape index (κ1) is 27.9. The van der Waals surface area contributed by atoms with E-state index in [4.69, 9.17) is 0 Å². The molecule has 3 aromatic carbocycles. The number of rotatable bonds is 8.